The van der Waals surface area contributed by atoms with Gasteiger partial charge in [0, 0.05) is 6.42 Å². The van der Waals surface area contributed by atoms with Crippen LogP contribution in [0.3, 0.4) is 0 Å². The summed E-state index contributed by atoms with van der Waals surface area (Å²) in [5.74, 6) is 5.19. The van der Waals surface area contributed by atoms with Crippen molar-refractivity contribution in [2.45, 2.75) is 118 Å². The summed E-state index contributed by atoms with van der Waals surface area (Å²) in [5, 5.41) is 0. The Labute approximate surface area is 203 Å². The molecule has 3 heteroatoms. The van der Waals surface area contributed by atoms with Gasteiger partial charge in [-0.05, 0) is 98.2 Å². The minimum Gasteiger partial charge on any atom is -0.435 e. The zero-order valence-corrected chi connectivity index (χ0v) is 22.3. The van der Waals surface area contributed by atoms with Crippen molar-refractivity contribution in [3.8, 4) is 0 Å². The molecule has 188 valence electrons. The van der Waals surface area contributed by atoms with Gasteiger partial charge in [-0.15, -0.1) is 0 Å². The monoisotopic (exact) mass is 458 g/mol. The maximum absolute atomic E-state index is 11.9. The van der Waals surface area contributed by atoms with E-state index in [0.29, 0.717) is 17.4 Å². The van der Waals surface area contributed by atoms with Gasteiger partial charge in [-0.3, -0.25) is 0 Å². The number of carbonyl (C=O) groups excluding carboxylic acids is 1. The molecule has 3 nitrogen and oxygen atoms in total. The number of carbonyl (C=O) groups is 1. The van der Waals surface area contributed by atoms with Crippen molar-refractivity contribution < 1.29 is 14.3 Å². The molecule has 0 aromatic heterocycles. The fraction of sp³-hybridized carbons (Fsp3) is 0.900. The van der Waals surface area contributed by atoms with Crippen molar-refractivity contribution in [2.75, 3.05) is 6.61 Å². The van der Waals surface area contributed by atoms with E-state index >= 15 is 0 Å². The van der Waals surface area contributed by atoms with Crippen LogP contribution in [0.25, 0.3) is 0 Å². The highest BCUT2D eigenvalue weighted by molar-refractivity contribution is 5.60. The molecule has 4 rings (SSSR count). The van der Waals surface area contributed by atoms with Gasteiger partial charge in [0.15, 0.2) is 0 Å². The lowest BCUT2D eigenvalue weighted by Crippen LogP contribution is -2.51. The lowest BCUT2D eigenvalue weighted by molar-refractivity contribution is -0.0615. The quantitative estimate of drug-likeness (QED) is 0.283. The summed E-state index contributed by atoms with van der Waals surface area (Å²) in [5.41, 5.74) is 2.42. The minimum atomic E-state index is -0.492. The molecular weight excluding hydrogens is 408 g/mol. The molecule has 0 amide bonds. The van der Waals surface area contributed by atoms with Gasteiger partial charge in [0.25, 0.3) is 0 Å². The van der Waals surface area contributed by atoms with Gasteiger partial charge in [-0.25, -0.2) is 4.79 Å². The average Bonchev–Trinajstić information content (AvgIpc) is 3.11. The van der Waals surface area contributed by atoms with Crippen LogP contribution in [0, 0.1) is 46.3 Å². The Morgan fingerprint density at radius 2 is 1.85 bits per heavy atom. The Hall–Kier alpha value is -0.990. The van der Waals surface area contributed by atoms with Crippen LogP contribution in [0.1, 0.15) is 112 Å². The highest BCUT2D eigenvalue weighted by atomic mass is 16.7. The Morgan fingerprint density at radius 3 is 2.58 bits per heavy atom. The van der Waals surface area contributed by atoms with E-state index in [2.05, 4.69) is 40.7 Å². The van der Waals surface area contributed by atoms with Crippen LogP contribution in [0.2, 0.25) is 0 Å². The van der Waals surface area contributed by atoms with Crippen molar-refractivity contribution >= 4 is 6.16 Å². The van der Waals surface area contributed by atoms with E-state index in [4.69, 9.17) is 9.47 Å². The molecule has 8 atom stereocenters. The van der Waals surface area contributed by atoms with Gasteiger partial charge >= 0.3 is 6.16 Å². The topological polar surface area (TPSA) is 35.5 Å². The Bertz CT molecular complexity index is 726. The lowest BCUT2D eigenvalue weighted by Gasteiger charge is -2.58. The Balaban J connectivity index is 1.43. The van der Waals surface area contributed by atoms with Crippen LogP contribution < -0.4 is 0 Å². The van der Waals surface area contributed by atoms with E-state index in [1.54, 1.807) is 5.57 Å². The van der Waals surface area contributed by atoms with Crippen LogP contribution in [-0.2, 0) is 9.47 Å². The fourth-order valence-corrected chi connectivity index (χ4v) is 9.04. The van der Waals surface area contributed by atoms with Crippen molar-refractivity contribution in [3.63, 3.8) is 0 Å². The molecular formula is C30H50O3. The van der Waals surface area contributed by atoms with E-state index in [-0.39, 0.29) is 6.10 Å². The zero-order valence-electron chi connectivity index (χ0n) is 22.3. The lowest BCUT2D eigenvalue weighted by atomic mass is 9.47. The first-order valence-electron chi connectivity index (χ1n) is 14.2. The van der Waals surface area contributed by atoms with Crippen LogP contribution in [-0.4, -0.2) is 18.9 Å². The first-order chi connectivity index (χ1) is 15.7. The third kappa shape index (κ3) is 4.76. The SMILES string of the molecule is CCOC(=O)O[C@H]1CC[C@@]2(C)C(=CC[C@H]3[C@@H]4CC[C@H]([C@H](C)CCCC(C)C)[C@@]4(C)CC[C@@H]32)C1. The third-order valence-electron chi connectivity index (χ3n) is 10.8. The zero-order chi connectivity index (χ0) is 23.8. The normalized spacial score (nSPS) is 40.9. The maximum Gasteiger partial charge on any atom is 0.508 e. The first-order valence-corrected chi connectivity index (χ1v) is 14.2. The van der Waals surface area contributed by atoms with Gasteiger partial charge in [-0.1, -0.05) is 65.5 Å². The second-order valence-corrected chi connectivity index (χ2v) is 13.0. The van der Waals surface area contributed by atoms with Gasteiger partial charge in [0.05, 0.1) is 6.61 Å². The van der Waals surface area contributed by atoms with Gasteiger partial charge in [-0.2, -0.15) is 0 Å². The molecule has 3 saturated carbocycles. The number of fused-ring (bicyclic) bond motifs is 5. The molecule has 0 aromatic carbocycles. The minimum absolute atomic E-state index is 0.00340. The molecule has 0 heterocycles. The molecule has 4 aliphatic rings. The van der Waals surface area contributed by atoms with Gasteiger partial charge in [0.2, 0.25) is 0 Å². The summed E-state index contributed by atoms with van der Waals surface area (Å²) < 4.78 is 10.7. The van der Waals surface area contributed by atoms with Gasteiger partial charge in [0.1, 0.15) is 6.10 Å². The molecule has 33 heavy (non-hydrogen) atoms. The summed E-state index contributed by atoms with van der Waals surface area (Å²) in [4.78, 5) is 11.9. The summed E-state index contributed by atoms with van der Waals surface area (Å²) in [6.07, 6.45) is 16.3. The van der Waals surface area contributed by atoms with E-state index in [0.717, 1.165) is 54.8 Å². The average molecular weight is 459 g/mol. The standard InChI is InChI=1S/C30H50O3/c1-7-32-28(31)33-23-15-17-29(5)22(19-23)11-12-24-26-14-13-25(21(4)10-8-9-20(2)3)30(26,6)18-16-27(24)29/h11,20-21,23-27H,7-10,12-19H2,1-6H3/t21-,23+,24+,25-,26+,27+,29+,30-/m1/s1. The smallest absolute Gasteiger partial charge is 0.435 e. The molecule has 0 aromatic rings. The van der Waals surface area contributed by atoms with E-state index in [1.807, 2.05) is 6.92 Å². The van der Waals surface area contributed by atoms with E-state index in [1.165, 1.54) is 51.4 Å². The Kier molecular flexibility index (Phi) is 7.56. The van der Waals surface area contributed by atoms with Crippen LogP contribution in [0.5, 0.6) is 0 Å². The molecule has 0 bridgehead atoms. The molecule has 0 unspecified atom stereocenters. The summed E-state index contributed by atoms with van der Waals surface area (Å²) in [6, 6.07) is 0. The molecule has 3 fully saturated rings. The molecule has 0 aliphatic heterocycles. The predicted molar refractivity (Wildman–Crippen MR) is 135 cm³/mol. The molecule has 0 spiro atoms. The first kappa shape index (κ1) is 25.1. The summed E-state index contributed by atoms with van der Waals surface area (Å²) in [7, 11) is 0. The van der Waals surface area contributed by atoms with Crippen molar-refractivity contribution in [1.29, 1.82) is 0 Å². The summed E-state index contributed by atoms with van der Waals surface area (Å²) in [6.45, 7) is 14.7. The number of hydrogen-bond donors (Lipinski definition) is 0. The molecule has 0 saturated heterocycles. The fourth-order valence-electron chi connectivity index (χ4n) is 9.04. The van der Waals surface area contributed by atoms with Crippen molar-refractivity contribution in [1.82, 2.24) is 0 Å². The predicted octanol–water partition coefficient (Wildman–Crippen LogP) is 8.57. The van der Waals surface area contributed by atoms with E-state index in [9.17, 15) is 4.79 Å². The number of rotatable bonds is 7. The molecule has 4 aliphatic carbocycles. The summed E-state index contributed by atoms with van der Waals surface area (Å²) >= 11 is 0. The van der Waals surface area contributed by atoms with Crippen LogP contribution >= 0.6 is 0 Å². The number of allylic oxidation sites excluding steroid dienone is 1. The highest BCUT2D eigenvalue weighted by Crippen LogP contribution is 2.67. The maximum atomic E-state index is 11.9. The third-order valence-corrected chi connectivity index (χ3v) is 10.8. The second-order valence-electron chi connectivity index (χ2n) is 13.0. The largest absolute Gasteiger partial charge is 0.508 e. The van der Waals surface area contributed by atoms with Crippen molar-refractivity contribution in [3.05, 3.63) is 11.6 Å². The van der Waals surface area contributed by atoms with Gasteiger partial charge < -0.3 is 9.47 Å². The number of ether oxygens (including phenoxy) is 2. The van der Waals surface area contributed by atoms with E-state index < -0.39 is 6.16 Å². The highest BCUT2D eigenvalue weighted by Gasteiger charge is 2.59. The van der Waals surface area contributed by atoms with Crippen molar-refractivity contribution in [2.24, 2.45) is 46.3 Å². The second kappa shape index (κ2) is 9.94. The molecule has 0 radical (unpaired) electrons. The van der Waals surface area contributed by atoms with Crippen LogP contribution in [0.15, 0.2) is 11.6 Å². The number of hydrogen-bond acceptors (Lipinski definition) is 3. The van der Waals surface area contributed by atoms with Crippen LogP contribution in [0.4, 0.5) is 4.79 Å². The Morgan fingerprint density at radius 1 is 1.06 bits per heavy atom. The molecule has 0 N–H and O–H groups in total.